The lowest BCUT2D eigenvalue weighted by Gasteiger charge is -2.22. The van der Waals surface area contributed by atoms with Crippen molar-refractivity contribution in [1.82, 2.24) is 14.9 Å². The average molecular weight is 266 g/mol. The van der Waals surface area contributed by atoms with Crippen molar-refractivity contribution in [3.8, 4) is 0 Å². The van der Waals surface area contributed by atoms with Gasteiger partial charge in [0.2, 0.25) is 5.95 Å². The zero-order chi connectivity index (χ0) is 13.7. The van der Waals surface area contributed by atoms with E-state index in [9.17, 15) is 0 Å². The van der Waals surface area contributed by atoms with Gasteiger partial charge in [-0.1, -0.05) is 0 Å². The van der Waals surface area contributed by atoms with Gasteiger partial charge in [-0.2, -0.15) is 9.97 Å². The Hall–Kier alpha value is -1.60. The highest BCUT2D eigenvalue weighted by Crippen LogP contribution is 2.18. The topological polar surface area (TPSA) is 90.5 Å². The van der Waals surface area contributed by atoms with Crippen molar-refractivity contribution in [2.24, 2.45) is 0 Å². The van der Waals surface area contributed by atoms with Crippen molar-refractivity contribution in [1.29, 1.82) is 0 Å². The maximum absolute atomic E-state index is 9.00. The normalized spacial score (nSPS) is 17.3. The second kappa shape index (κ2) is 6.53. The molecule has 0 unspecified atom stereocenters. The molecule has 19 heavy (non-hydrogen) atoms. The zero-order valence-corrected chi connectivity index (χ0v) is 11.3. The van der Waals surface area contributed by atoms with Gasteiger partial charge in [0.15, 0.2) is 0 Å². The Kier molecular flexibility index (Phi) is 4.75. The number of anilines is 3. The van der Waals surface area contributed by atoms with Crippen LogP contribution in [0, 0.1) is 0 Å². The third kappa shape index (κ3) is 3.68. The van der Waals surface area contributed by atoms with Crippen molar-refractivity contribution < 1.29 is 5.11 Å². The van der Waals surface area contributed by atoms with Crippen molar-refractivity contribution >= 4 is 17.6 Å². The molecule has 7 nitrogen and oxygen atoms in total. The lowest BCUT2D eigenvalue weighted by atomic mass is 10.3. The summed E-state index contributed by atoms with van der Waals surface area (Å²) in [7, 11) is 1.82. The van der Waals surface area contributed by atoms with E-state index in [0.717, 1.165) is 50.8 Å². The van der Waals surface area contributed by atoms with E-state index in [1.54, 1.807) is 0 Å². The number of aliphatic hydroxyl groups is 1. The number of aromatic nitrogens is 2. The van der Waals surface area contributed by atoms with Crippen molar-refractivity contribution in [2.45, 2.75) is 6.42 Å². The number of nitrogens with zero attached hydrogens (tertiary/aromatic N) is 4. The molecule has 2 rings (SSSR count). The Morgan fingerprint density at radius 3 is 2.89 bits per heavy atom. The fourth-order valence-electron chi connectivity index (χ4n) is 2.31. The zero-order valence-electron chi connectivity index (χ0n) is 11.3. The molecule has 0 amide bonds. The fourth-order valence-corrected chi connectivity index (χ4v) is 2.31. The van der Waals surface area contributed by atoms with Gasteiger partial charge < -0.3 is 21.1 Å². The highest BCUT2D eigenvalue weighted by Gasteiger charge is 2.16. The SMILES string of the molecule is CNc1cc(N2CCCN(CCO)CC2)nc(N)n1. The molecular weight excluding hydrogens is 244 g/mol. The van der Waals surface area contributed by atoms with E-state index >= 15 is 0 Å². The van der Waals surface area contributed by atoms with Crippen LogP contribution in [0.2, 0.25) is 0 Å². The van der Waals surface area contributed by atoms with Crippen LogP contribution in [0.5, 0.6) is 0 Å². The summed E-state index contributed by atoms with van der Waals surface area (Å²) in [5.41, 5.74) is 5.72. The first-order valence-corrected chi connectivity index (χ1v) is 6.63. The monoisotopic (exact) mass is 266 g/mol. The predicted octanol–water partition coefficient (Wildman–Crippen LogP) is -0.395. The third-order valence-corrected chi connectivity index (χ3v) is 3.31. The van der Waals surface area contributed by atoms with Crippen LogP contribution in [0.1, 0.15) is 6.42 Å². The Bertz CT molecular complexity index is 413. The second-order valence-corrected chi connectivity index (χ2v) is 4.63. The van der Waals surface area contributed by atoms with E-state index in [1.807, 2.05) is 13.1 Å². The Morgan fingerprint density at radius 1 is 1.32 bits per heavy atom. The van der Waals surface area contributed by atoms with Gasteiger partial charge in [-0.15, -0.1) is 0 Å². The molecule has 1 aliphatic heterocycles. The molecule has 106 valence electrons. The molecular formula is C12H22N6O. The molecule has 7 heteroatoms. The van der Waals surface area contributed by atoms with Crippen molar-refractivity contribution in [2.75, 3.05) is 62.3 Å². The van der Waals surface area contributed by atoms with Gasteiger partial charge in [0.1, 0.15) is 11.6 Å². The Labute approximate surface area is 113 Å². The lowest BCUT2D eigenvalue weighted by Crippen LogP contribution is -2.32. The number of aliphatic hydroxyl groups excluding tert-OH is 1. The number of nitrogens with two attached hydrogens (primary N) is 1. The van der Waals surface area contributed by atoms with Crippen molar-refractivity contribution in [3.05, 3.63) is 6.07 Å². The number of hydrogen-bond donors (Lipinski definition) is 3. The summed E-state index contributed by atoms with van der Waals surface area (Å²) in [4.78, 5) is 12.9. The molecule has 0 saturated carbocycles. The van der Waals surface area contributed by atoms with Crippen LogP contribution in [0.15, 0.2) is 6.07 Å². The summed E-state index contributed by atoms with van der Waals surface area (Å²) in [6.07, 6.45) is 1.05. The molecule has 2 heterocycles. The maximum Gasteiger partial charge on any atom is 0.223 e. The average Bonchev–Trinajstić information content (AvgIpc) is 2.64. The summed E-state index contributed by atoms with van der Waals surface area (Å²) in [5.74, 6) is 1.89. The van der Waals surface area contributed by atoms with Gasteiger partial charge in [0.25, 0.3) is 0 Å². The molecule has 0 aromatic carbocycles. The van der Waals surface area contributed by atoms with E-state index in [4.69, 9.17) is 10.8 Å². The van der Waals surface area contributed by atoms with Crippen LogP contribution in [0.3, 0.4) is 0 Å². The highest BCUT2D eigenvalue weighted by molar-refractivity contribution is 5.52. The van der Waals surface area contributed by atoms with Gasteiger partial charge in [-0.3, -0.25) is 4.90 Å². The second-order valence-electron chi connectivity index (χ2n) is 4.63. The van der Waals surface area contributed by atoms with Gasteiger partial charge in [0.05, 0.1) is 6.61 Å². The van der Waals surface area contributed by atoms with Crippen LogP contribution < -0.4 is 16.0 Å². The summed E-state index contributed by atoms with van der Waals surface area (Å²) in [5, 5.41) is 12.0. The van der Waals surface area contributed by atoms with Crippen LogP contribution in [-0.4, -0.2) is 66.4 Å². The van der Waals surface area contributed by atoms with Gasteiger partial charge in [-0.05, 0) is 13.0 Å². The summed E-state index contributed by atoms with van der Waals surface area (Å²) in [6.45, 7) is 4.73. The molecule has 1 aromatic heterocycles. The molecule has 1 aromatic rings. The minimum absolute atomic E-state index is 0.213. The number of nitrogens with one attached hydrogen (secondary N) is 1. The lowest BCUT2D eigenvalue weighted by molar-refractivity contribution is 0.204. The molecule has 0 atom stereocenters. The fraction of sp³-hybridized carbons (Fsp3) is 0.667. The van der Waals surface area contributed by atoms with Crippen LogP contribution >= 0.6 is 0 Å². The summed E-state index contributed by atoms with van der Waals surface area (Å²) >= 11 is 0. The quantitative estimate of drug-likeness (QED) is 0.683. The summed E-state index contributed by atoms with van der Waals surface area (Å²) < 4.78 is 0. The third-order valence-electron chi connectivity index (χ3n) is 3.31. The minimum atomic E-state index is 0.213. The largest absolute Gasteiger partial charge is 0.395 e. The predicted molar refractivity (Wildman–Crippen MR) is 76.3 cm³/mol. The van der Waals surface area contributed by atoms with Crippen LogP contribution in [-0.2, 0) is 0 Å². The number of β-amino-alcohol motifs (C(OH)–C–C–N with tert-alkyl or cyclic N) is 1. The van der Waals surface area contributed by atoms with E-state index in [1.165, 1.54) is 0 Å². The molecule has 0 aliphatic carbocycles. The standard InChI is InChI=1S/C12H22N6O/c1-14-10-9-11(16-12(13)15-10)18-4-2-3-17(5-6-18)7-8-19/h9,19H,2-8H2,1H3,(H3,13,14,15,16). The first-order valence-electron chi connectivity index (χ1n) is 6.63. The smallest absolute Gasteiger partial charge is 0.223 e. The van der Waals surface area contributed by atoms with Crippen molar-refractivity contribution in [3.63, 3.8) is 0 Å². The Balaban J connectivity index is 2.07. The number of nitrogen functional groups attached to an aromatic ring is 1. The minimum Gasteiger partial charge on any atom is -0.395 e. The maximum atomic E-state index is 9.00. The summed E-state index contributed by atoms with van der Waals surface area (Å²) in [6, 6.07) is 1.91. The van der Waals surface area contributed by atoms with E-state index in [-0.39, 0.29) is 6.61 Å². The first kappa shape index (κ1) is 13.8. The molecule has 0 bridgehead atoms. The molecule has 0 radical (unpaired) electrons. The van der Waals surface area contributed by atoms with Crippen LogP contribution in [0.4, 0.5) is 17.6 Å². The van der Waals surface area contributed by atoms with E-state index in [2.05, 4.69) is 25.1 Å². The van der Waals surface area contributed by atoms with E-state index < -0.39 is 0 Å². The number of hydrogen-bond acceptors (Lipinski definition) is 7. The molecule has 1 fully saturated rings. The molecule has 1 aliphatic rings. The van der Waals surface area contributed by atoms with Gasteiger partial charge >= 0.3 is 0 Å². The van der Waals surface area contributed by atoms with Gasteiger partial charge in [0, 0.05) is 39.3 Å². The highest BCUT2D eigenvalue weighted by atomic mass is 16.3. The molecule has 0 spiro atoms. The van der Waals surface area contributed by atoms with Crippen LogP contribution in [0.25, 0.3) is 0 Å². The Morgan fingerprint density at radius 2 is 2.16 bits per heavy atom. The first-order chi connectivity index (χ1) is 9.22. The van der Waals surface area contributed by atoms with E-state index in [0.29, 0.717) is 5.95 Å². The number of rotatable bonds is 4. The molecule has 4 N–H and O–H groups in total. The van der Waals surface area contributed by atoms with Gasteiger partial charge in [-0.25, -0.2) is 0 Å². The molecule has 1 saturated heterocycles.